The van der Waals surface area contributed by atoms with E-state index in [1.54, 1.807) is 10.7 Å². The molecule has 84 valence electrons. The first kappa shape index (κ1) is 9.99. The second kappa shape index (κ2) is 3.99. The highest BCUT2D eigenvalue weighted by atomic mass is 16.3. The van der Waals surface area contributed by atoms with Crippen molar-refractivity contribution in [2.75, 3.05) is 0 Å². The summed E-state index contributed by atoms with van der Waals surface area (Å²) in [4.78, 5) is 4.24. The molecule has 0 aliphatic heterocycles. The van der Waals surface area contributed by atoms with E-state index in [-0.39, 0.29) is 6.61 Å². The molecule has 2 aromatic heterocycles. The zero-order chi connectivity index (χ0) is 11.7. The van der Waals surface area contributed by atoms with Gasteiger partial charge in [0.05, 0.1) is 12.2 Å². The topological polar surface area (TPSA) is 50.4 Å². The summed E-state index contributed by atoms with van der Waals surface area (Å²) >= 11 is 0. The summed E-state index contributed by atoms with van der Waals surface area (Å²) in [6, 6.07) is 11.6. The lowest BCUT2D eigenvalue weighted by molar-refractivity contribution is 0.283. The molecule has 0 atom stereocenters. The van der Waals surface area contributed by atoms with E-state index in [1.807, 2.05) is 42.6 Å². The van der Waals surface area contributed by atoms with Crippen molar-refractivity contribution in [1.82, 2.24) is 14.6 Å². The van der Waals surface area contributed by atoms with Crippen LogP contribution < -0.4 is 0 Å². The van der Waals surface area contributed by atoms with Crippen LogP contribution in [0.3, 0.4) is 0 Å². The number of aliphatic hydroxyl groups excluding tert-OH is 1. The smallest absolute Gasteiger partial charge is 0.161 e. The Kier molecular flexibility index (Phi) is 2.34. The maximum Gasteiger partial charge on any atom is 0.161 e. The quantitative estimate of drug-likeness (QED) is 0.724. The maximum absolute atomic E-state index is 9.47. The molecule has 0 aliphatic rings. The molecule has 0 radical (unpaired) electrons. The van der Waals surface area contributed by atoms with Gasteiger partial charge in [-0.15, -0.1) is 0 Å². The standard InChI is InChI=1S/C13H11N3O/c17-9-11-12(10-5-2-1-3-6-10)15-16-8-4-7-14-13(11)16/h1-8,17H,9H2. The van der Waals surface area contributed by atoms with E-state index in [1.165, 1.54) is 0 Å². The van der Waals surface area contributed by atoms with Gasteiger partial charge in [-0.3, -0.25) is 0 Å². The maximum atomic E-state index is 9.47. The van der Waals surface area contributed by atoms with E-state index < -0.39 is 0 Å². The van der Waals surface area contributed by atoms with E-state index in [0.29, 0.717) is 5.65 Å². The molecule has 3 rings (SSSR count). The molecule has 0 saturated carbocycles. The van der Waals surface area contributed by atoms with Crippen LogP contribution >= 0.6 is 0 Å². The molecule has 3 aromatic rings. The van der Waals surface area contributed by atoms with Gasteiger partial charge in [-0.05, 0) is 6.07 Å². The molecule has 1 aromatic carbocycles. The van der Waals surface area contributed by atoms with Gasteiger partial charge in [-0.1, -0.05) is 30.3 Å². The average Bonchev–Trinajstić information content (AvgIpc) is 2.78. The van der Waals surface area contributed by atoms with Crippen LogP contribution in [0.25, 0.3) is 16.9 Å². The lowest BCUT2D eigenvalue weighted by atomic mass is 10.1. The minimum absolute atomic E-state index is 0.0647. The Morgan fingerprint density at radius 1 is 1.12 bits per heavy atom. The van der Waals surface area contributed by atoms with Gasteiger partial charge < -0.3 is 5.11 Å². The second-order valence-electron chi connectivity index (χ2n) is 3.74. The number of aliphatic hydroxyl groups is 1. The Morgan fingerprint density at radius 3 is 2.71 bits per heavy atom. The summed E-state index contributed by atoms with van der Waals surface area (Å²) < 4.78 is 1.69. The third-order valence-corrected chi connectivity index (χ3v) is 2.70. The first-order valence-electron chi connectivity index (χ1n) is 5.38. The molecule has 0 amide bonds. The van der Waals surface area contributed by atoms with Gasteiger partial charge in [0.2, 0.25) is 0 Å². The van der Waals surface area contributed by atoms with E-state index in [9.17, 15) is 5.11 Å². The van der Waals surface area contributed by atoms with Crippen molar-refractivity contribution in [1.29, 1.82) is 0 Å². The van der Waals surface area contributed by atoms with Crippen molar-refractivity contribution >= 4 is 5.65 Å². The third-order valence-electron chi connectivity index (χ3n) is 2.70. The second-order valence-corrected chi connectivity index (χ2v) is 3.74. The van der Waals surface area contributed by atoms with Crippen molar-refractivity contribution in [3.63, 3.8) is 0 Å². The number of nitrogens with zero attached hydrogens (tertiary/aromatic N) is 3. The van der Waals surface area contributed by atoms with Crippen molar-refractivity contribution in [3.05, 3.63) is 54.4 Å². The van der Waals surface area contributed by atoms with Gasteiger partial charge in [0.15, 0.2) is 5.65 Å². The Morgan fingerprint density at radius 2 is 1.94 bits per heavy atom. The summed E-state index contributed by atoms with van der Waals surface area (Å²) in [5.41, 5.74) is 3.24. The monoisotopic (exact) mass is 225 g/mol. The highest BCUT2D eigenvalue weighted by Gasteiger charge is 2.13. The van der Waals surface area contributed by atoms with E-state index in [4.69, 9.17) is 0 Å². The minimum atomic E-state index is -0.0647. The number of fused-ring (bicyclic) bond motifs is 1. The van der Waals surface area contributed by atoms with E-state index >= 15 is 0 Å². The molecular weight excluding hydrogens is 214 g/mol. The van der Waals surface area contributed by atoms with Gasteiger partial charge in [-0.25, -0.2) is 9.50 Å². The molecule has 2 heterocycles. The number of aromatic nitrogens is 3. The third kappa shape index (κ3) is 1.59. The molecule has 0 saturated heterocycles. The van der Waals surface area contributed by atoms with Crippen molar-refractivity contribution in [2.45, 2.75) is 6.61 Å². The van der Waals surface area contributed by atoms with E-state index in [2.05, 4.69) is 10.1 Å². The van der Waals surface area contributed by atoms with Crippen LogP contribution in [0.4, 0.5) is 0 Å². The summed E-state index contributed by atoms with van der Waals surface area (Å²) in [7, 11) is 0. The fourth-order valence-corrected chi connectivity index (χ4v) is 1.91. The molecule has 4 heteroatoms. The molecule has 0 aliphatic carbocycles. The normalized spacial score (nSPS) is 10.9. The Balaban J connectivity index is 2.30. The SMILES string of the molecule is OCc1c(-c2ccccc2)nn2cccnc12. The predicted octanol–water partition coefficient (Wildman–Crippen LogP) is 1.89. The largest absolute Gasteiger partial charge is 0.391 e. The summed E-state index contributed by atoms with van der Waals surface area (Å²) in [5, 5.41) is 13.9. The van der Waals surface area contributed by atoms with Crippen LogP contribution in [0, 0.1) is 0 Å². The molecule has 0 fully saturated rings. The zero-order valence-electron chi connectivity index (χ0n) is 9.11. The van der Waals surface area contributed by atoms with Crippen LogP contribution in [0.15, 0.2) is 48.8 Å². The summed E-state index contributed by atoms with van der Waals surface area (Å²) in [5.74, 6) is 0. The van der Waals surface area contributed by atoms with Gasteiger partial charge in [-0.2, -0.15) is 5.10 Å². The summed E-state index contributed by atoms with van der Waals surface area (Å²) in [6.45, 7) is -0.0647. The highest BCUT2D eigenvalue weighted by Crippen LogP contribution is 2.24. The van der Waals surface area contributed by atoms with Crippen LogP contribution in [0.2, 0.25) is 0 Å². The molecule has 0 spiro atoms. The molecule has 1 N–H and O–H groups in total. The van der Waals surface area contributed by atoms with Crippen molar-refractivity contribution in [2.24, 2.45) is 0 Å². The number of rotatable bonds is 2. The minimum Gasteiger partial charge on any atom is -0.391 e. The fourth-order valence-electron chi connectivity index (χ4n) is 1.91. The Hall–Kier alpha value is -2.20. The number of hydrogen-bond acceptors (Lipinski definition) is 3. The summed E-state index contributed by atoms with van der Waals surface area (Å²) in [6.07, 6.45) is 3.53. The zero-order valence-corrected chi connectivity index (χ0v) is 9.11. The lowest BCUT2D eigenvalue weighted by Crippen LogP contribution is -1.89. The Bertz CT molecular complexity index is 646. The molecular formula is C13H11N3O. The molecule has 0 unspecified atom stereocenters. The van der Waals surface area contributed by atoms with Crippen LogP contribution in [0.1, 0.15) is 5.56 Å². The van der Waals surface area contributed by atoms with Gasteiger partial charge in [0.25, 0.3) is 0 Å². The van der Waals surface area contributed by atoms with Crippen molar-refractivity contribution < 1.29 is 5.11 Å². The van der Waals surface area contributed by atoms with Crippen LogP contribution in [0.5, 0.6) is 0 Å². The predicted molar refractivity (Wildman–Crippen MR) is 64.3 cm³/mol. The van der Waals surface area contributed by atoms with E-state index in [0.717, 1.165) is 16.8 Å². The van der Waals surface area contributed by atoms with Crippen LogP contribution in [-0.2, 0) is 6.61 Å². The van der Waals surface area contributed by atoms with Crippen molar-refractivity contribution in [3.8, 4) is 11.3 Å². The number of hydrogen-bond donors (Lipinski definition) is 1. The number of benzene rings is 1. The fraction of sp³-hybridized carbons (Fsp3) is 0.0769. The first-order chi connectivity index (χ1) is 8.40. The Labute approximate surface area is 98.2 Å². The van der Waals surface area contributed by atoms with Gasteiger partial charge in [0.1, 0.15) is 5.69 Å². The lowest BCUT2D eigenvalue weighted by Gasteiger charge is -1.98. The molecule has 4 nitrogen and oxygen atoms in total. The highest BCUT2D eigenvalue weighted by molar-refractivity contribution is 5.70. The first-order valence-corrected chi connectivity index (χ1v) is 5.38. The van der Waals surface area contributed by atoms with Gasteiger partial charge >= 0.3 is 0 Å². The van der Waals surface area contributed by atoms with Crippen LogP contribution in [-0.4, -0.2) is 19.7 Å². The molecule has 0 bridgehead atoms. The molecule has 17 heavy (non-hydrogen) atoms. The average molecular weight is 225 g/mol. The van der Waals surface area contributed by atoms with Gasteiger partial charge in [0, 0.05) is 18.0 Å².